The van der Waals surface area contributed by atoms with E-state index in [1.165, 1.54) is 50.4 Å². The van der Waals surface area contributed by atoms with Crippen molar-refractivity contribution in [3.8, 4) is 11.1 Å². The molecule has 0 heterocycles. The molecule has 1 heteroatoms. The largest absolute Gasteiger partial charge is 0.310 e. The van der Waals surface area contributed by atoms with Gasteiger partial charge in [0.2, 0.25) is 0 Å². The Kier molecular flexibility index (Phi) is 5.22. The molecule has 0 amide bonds. The van der Waals surface area contributed by atoms with Crippen LogP contribution in [0.3, 0.4) is 0 Å². The van der Waals surface area contributed by atoms with Crippen molar-refractivity contribution in [1.82, 2.24) is 0 Å². The molecule has 0 aliphatic rings. The summed E-state index contributed by atoms with van der Waals surface area (Å²) in [5.74, 6) is 0. The zero-order chi connectivity index (χ0) is 20.4. The summed E-state index contributed by atoms with van der Waals surface area (Å²) in [4.78, 5) is 2.36. The predicted octanol–water partition coefficient (Wildman–Crippen LogP) is 8.06. The molecule has 0 atom stereocenters. The van der Waals surface area contributed by atoms with E-state index in [0.717, 1.165) is 0 Å². The van der Waals surface area contributed by atoms with Crippen LogP contribution in [0.1, 0.15) is 22.3 Å². The van der Waals surface area contributed by atoms with E-state index in [2.05, 4.69) is 124 Å². The first-order valence-electron chi connectivity index (χ1n) is 10.1. The van der Waals surface area contributed by atoms with Crippen LogP contribution < -0.4 is 4.90 Å². The SMILES string of the molecule is Cc1cc(C)cc(N(c2ccc(-c3ccccc3)cc2)c2cc(C)cc(C)c2)c1. The molecule has 1 nitrogen and oxygen atoms in total. The fraction of sp³-hybridized carbons (Fsp3) is 0.143. The van der Waals surface area contributed by atoms with Gasteiger partial charge in [-0.2, -0.15) is 0 Å². The van der Waals surface area contributed by atoms with Gasteiger partial charge in [-0.3, -0.25) is 0 Å². The third kappa shape index (κ3) is 4.25. The summed E-state index contributed by atoms with van der Waals surface area (Å²) in [5, 5.41) is 0. The van der Waals surface area contributed by atoms with E-state index < -0.39 is 0 Å². The number of hydrogen-bond acceptors (Lipinski definition) is 1. The van der Waals surface area contributed by atoms with E-state index >= 15 is 0 Å². The van der Waals surface area contributed by atoms with Gasteiger partial charge >= 0.3 is 0 Å². The molecule has 0 saturated carbocycles. The van der Waals surface area contributed by atoms with Gasteiger partial charge in [-0.15, -0.1) is 0 Å². The highest BCUT2D eigenvalue weighted by molar-refractivity contribution is 5.79. The molecular weight excluding hydrogens is 350 g/mol. The van der Waals surface area contributed by atoms with Crippen LogP contribution in [0, 0.1) is 27.7 Å². The zero-order valence-electron chi connectivity index (χ0n) is 17.6. The number of benzene rings is 4. The van der Waals surface area contributed by atoms with Gasteiger partial charge in [0.25, 0.3) is 0 Å². The number of aryl methyl sites for hydroxylation is 4. The van der Waals surface area contributed by atoms with Crippen LogP contribution in [-0.4, -0.2) is 0 Å². The van der Waals surface area contributed by atoms with E-state index in [0.29, 0.717) is 0 Å². The molecule has 0 aliphatic heterocycles. The minimum Gasteiger partial charge on any atom is -0.310 e. The van der Waals surface area contributed by atoms with Gasteiger partial charge in [0, 0.05) is 17.1 Å². The maximum Gasteiger partial charge on any atom is 0.0466 e. The summed E-state index contributed by atoms with van der Waals surface area (Å²) < 4.78 is 0. The summed E-state index contributed by atoms with van der Waals surface area (Å²) in [6.45, 7) is 8.65. The highest BCUT2D eigenvalue weighted by Gasteiger charge is 2.14. The minimum absolute atomic E-state index is 1.17. The van der Waals surface area contributed by atoms with Crippen LogP contribution in [0.15, 0.2) is 91.0 Å². The normalized spacial score (nSPS) is 10.8. The molecule has 0 aliphatic carbocycles. The van der Waals surface area contributed by atoms with Gasteiger partial charge in [-0.1, -0.05) is 54.6 Å². The fourth-order valence-electron chi connectivity index (χ4n) is 4.04. The summed E-state index contributed by atoms with van der Waals surface area (Å²) in [6.07, 6.45) is 0. The predicted molar refractivity (Wildman–Crippen MR) is 126 cm³/mol. The Balaban J connectivity index is 1.84. The van der Waals surface area contributed by atoms with Crippen molar-refractivity contribution in [3.63, 3.8) is 0 Å². The summed E-state index contributed by atoms with van der Waals surface area (Å²) >= 11 is 0. The van der Waals surface area contributed by atoms with Gasteiger partial charge in [0.1, 0.15) is 0 Å². The number of nitrogens with zero attached hydrogens (tertiary/aromatic N) is 1. The first-order chi connectivity index (χ1) is 14.0. The second kappa shape index (κ2) is 7.97. The Labute approximate surface area is 174 Å². The van der Waals surface area contributed by atoms with Gasteiger partial charge in [0.05, 0.1) is 0 Å². The van der Waals surface area contributed by atoms with Crippen molar-refractivity contribution < 1.29 is 0 Å². The molecule has 4 rings (SSSR count). The smallest absolute Gasteiger partial charge is 0.0466 e. The lowest BCUT2D eigenvalue weighted by atomic mass is 10.0. The quantitative estimate of drug-likeness (QED) is 0.347. The van der Waals surface area contributed by atoms with Gasteiger partial charge in [0.15, 0.2) is 0 Å². The average molecular weight is 378 g/mol. The first-order valence-corrected chi connectivity index (χ1v) is 10.1. The van der Waals surface area contributed by atoms with Crippen molar-refractivity contribution in [2.24, 2.45) is 0 Å². The van der Waals surface area contributed by atoms with Crippen molar-refractivity contribution in [1.29, 1.82) is 0 Å². The molecule has 0 spiro atoms. The van der Waals surface area contributed by atoms with Crippen molar-refractivity contribution in [3.05, 3.63) is 113 Å². The van der Waals surface area contributed by atoms with E-state index in [-0.39, 0.29) is 0 Å². The summed E-state index contributed by atoms with van der Waals surface area (Å²) in [5.41, 5.74) is 11.1. The molecule has 0 aromatic heterocycles. The molecule has 0 saturated heterocycles. The third-order valence-electron chi connectivity index (χ3n) is 5.16. The lowest BCUT2D eigenvalue weighted by molar-refractivity contribution is 1.23. The molecule has 0 unspecified atom stereocenters. The van der Waals surface area contributed by atoms with Crippen molar-refractivity contribution in [2.75, 3.05) is 4.90 Å². The Morgan fingerprint density at radius 3 is 1.28 bits per heavy atom. The van der Waals surface area contributed by atoms with E-state index in [1.54, 1.807) is 0 Å². The van der Waals surface area contributed by atoms with Crippen LogP contribution in [0.2, 0.25) is 0 Å². The Morgan fingerprint density at radius 2 is 0.828 bits per heavy atom. The molecule has 0 radical (unpaired) electrons. The van der Waals surface area contributed by atoms with Crippen LogP contribution >= 0.6 is 0 Å². The van der Waals surface area contributed by atoms with Gasteiger partial charge in [-0.05, 0) is 97.5 Å². The third-order valence-corrected chi connectivity index (χ3v) is 5.16. The molecule has 0 fully saturated rings. The Hall–Kier alpha value is -3.32. The van der Waals surface area contributed by atoms with E-state index in [9.17, 15) is 0 Å². The molecule has 144 valence electrons. The second-order valence-electron chi connectivity index (χ2n) is 7.94. The standard InChI is InChI=1S/C28H27N/c1-20-14-21(2)17-27(16-20)29(28-18-22(3)15-23(4)19-28)26-12-10-25(11-13-26)24-8-6-5-7-9-24/h5-19H,1-4H3. The van der Waals surface area contributed by atoms with Crippen LogP contribution in [-0.2, 0) is 0 Å². The van der Waals surface area contributed by atoms with E-state index in [1.807, 2.05) is 0 Å². The van der Waals surface area contributed by atoms with Gasteiger partial charge in [-0.25, -0.2) is 0 Å². The maximum absolute atomic E-state index is 2.36. The van der Waals surface area contributed by atoms with Crippen LogP contribution in [0.5, 0.6) is 0 Å². The topological polar surface area (TPSA) is 3.24 Å². The minimum atomic E-state index is 1.17. The number of hydrogen-bond donors (Lipinski definition) is 0. The zero-order valence-corrected chi connectivity index (χ0v) is 17.6. The maximum atomic E-state index is 2.36. The van der Waals surface area contributed by atoms with Crippen molar-refractivity contribution in [2.45, 2.75) is 27.7 Å². The van der Waals surface area contributed by atoms with E-state index in [4.69, 9.17) is 0 Å². The number of rotatable bonds is 4. The summed E-state index contributed by atoms with van der Waals surface area (Å²) in [7, 11) is 0. The monoisotopic (exact) mass is 377 g/mol. The van der Waals surface area contributed by atoms with Crippen LogP contribution in [0.4, 0.5) is 17.1 Å². The van der Waals surface area contributed by atoms with Gasteiger partial charge < -0.3 is 4.90 Å². The molecule has 4 aromatic rings. The second-order valence-corrected chi connectivity index (χ2v) is 7.94. The molecule has 29 heavy (non-hydrogen) atoms. The fourth-order valence-corrected chi connectivity index (χ4v) is 4.04. The molecule has 4 aromatic carbocycles. The molecule has 0 bridgehead atoms. The lowest BCUT2D eigenvalue weighted by Gasteiger charge is -2.27. The Morgan fingerprint density at radius 1 is 0.414 bits per heavy atom. The summed E-state index contributed by atoms with van der Waals surface area (Å²) in [6, 6.07) is 32.9. The highest BCUT2D eigenvalue weighted by Crippen LogP contribution is 2.37. The average Bonchev–Trinajstić information content (AvgIpc) is 2.68. The van der Waals surface area contributed by atoms with Crippen LogP contribution in [0.25, 0.3) is 11.1 Å². The molecular formula is C28H27N. The first kappa shape index (κ1) is 19.0. The highest BCUT2D eigenvalue weighted by atomic mass is 15.1. The number of anilines is 3. The van der Waals surface area contributed by atoms with Crippen molar-refractivity contribution >= 4 is 17.1 Å². The molecule has 0 N–H and O–H groups in total. The Bertz CT molecular complexity index is 1030. The lowest BCUT2D eigenvalue weighted by Crippen LogP contribution is -2.11.